The van der Waals surface area contributed by atoms with E-state index in [1.165, 1.54) is 4.90 Å². The third kappa shape index (κ3) is 3.32. The Balaban J connectivity index is 2.16. The molecule has 0 aliphatic carbocycles. The van der Waals surface area contributed by atoms with Crippen molar-refractivity contribution in [2.24, 2.45) is 0 Å². The Bertz CT molecular complexity index is 956. The molecule has 0 spiro atoms. The standard InChI is InChI=1S/C21H28N4O3/c1-7-28-19(26)15-11-22-12-21(2,3)17-14-9-8-13(10-16(14)23-18(15)17)25(6)20(27)24(4)5/h8-11,22-23H,7,12H2,1-6H3. The molecule has 28 heavy (non-hydrogen) atoms. The maximum absolute atomic E-state index is 12.5. The number of anilines is 1. The number of esters is 1. The van der Waals surface area contributed by atoms with E-state index >= 15 is 0 Å². The monoisotopic (exact) mass is 384 g/mol. The fourth-order valence-electron chi connectivity index (χ4n) is 3.65. The summed E-state index contributed by atoms with van der Waals surface area (Å²) in [5.41, 5.74) is 3.77. The van der Waals surface area contributed by atoms with Gasteiger partial charge in [-0.25, -0.2) is 9.59 Å². The van der Waals surface area contributed by atoms with Crippen LogP contribution in [0.15, 0.2) is 24.4 Å². The molecule has 2 heterocycles. The highest BCUT2D eigenvalue weighted by atomic mass is 16.5. The zero-order chi connectivity index (χ0) is 20.6. The van der Waals surface area contributed by atoms with Crippen molar-refractivity contribution < 1.29 is 14.3 Å². The summed E-state index contributed by atoms with van der Waals surface area (Å²) < 4.78 is 5.25. The first-order valence-corrected chi connectivity index (χ1v) is 9.39. The van der Waals surface area contributed by atoms with Crippen LogP contribution in [0, 0.1) is 0 Å². The number of hydrogen-bond donors (Lipinski definition) is 2. The normalized spacial score (nSPS) is 15.1. The number of aromatic amines is 1. The molecule has 0 atom stereocenters. The largest absolute Gasteiger partial charge is 0.462 e. The van der Waals surface area contributed by atoms with Gasteiger partial charge in [-0.05, 0) is 24.6 Å². The van der Waals surface area contributed by atoms with Crippen molar-refractivity contribution in [3.8, 4) is 0 Å². The van der Waals surface area contributed by atoms with Crippen LogP contribution >= 0.6 is 0 Å². The molecule has 1 aliphatic heterocycles. The van der Waals surface area contributed by atoms with Gasteiger partial charge in [0.15, 0.2) is 0 Å². The minimum atomic E-state index is -0.361. The molecule has 150 valence electrons. The Kier molecular flexibility index (Phi) is 5.10. The van der Waals surface area contributed by atoms with E-state index in [4.69, 9.17) is 4.74 Å². The van der Waals surface area contributed by atoms with Crippen molar-refractivity contribution in [1.82, 2.24) is 15.2 Å². The van der Waals surface area contributed by atoms with Crippen LogP contribution in [0.4, 0.5) is 10.5 Å². The molecule has 2 amide bonds. The third-order valence-corrected chi connectivity index (χ3v) is 5.07. The summed E-state index contributed by atoms with van der Waals surface area (Å²) in [6.45, 7) is 7.09. The molecular weight excluding hydrogens is 356 g/mol. The number of benzene rings is 1. The number of carbonyl (C=O) groups excluding carboxylic acids is 2. The SMILES string of the molecule is CCOC(=O)C1=CNCC(C)(C)c2c1[nH]c1cc(N(C)C(=O)N(C)C)ccc21. The third-order valence-electron chi connectivity index (χ3n) is 5.07. The first kappa shape index (κ1) is 19.8. The van der Waals surface area contributed by atoms with Gasteiger partial charge in [-0.15, -0.1) is 0 Å². The predicted molar refractivity (Wildman–Crippen MR) is 111 cm³/mol. The van der Waals surface area contributed by atoms with E-state index in [0.717, 1.165) is 27.8 Å². The zero-order valence-electron chi connectivity index (χ0n) is 17.3. The van der Waals surface area contributed by atoms with Crippen LogP contribution in [0.1, 0.15) is 32.0 Å². The number of H-pyrrole nitrogens is 1. The second-order valence-electron chi connectivity index (χ2n) is 7.88. The second-order valence-corrected chi connectivity index (χ2v) is 7.88. The Hall–Kier alpha value is -2.96. The highest BCUT2D eigenvalue weighted by Gasteiger charge is 2.33. The number of hydrogen-bond acceptors (Lipinski definition) is 4. The van der Waals surface area contributed by atoms with Crippen molar-refractivity contribution in [2.75, 3.05) is 39.2 Å². The van der Waals surface area contributed by atoms with Gasteiger partial charge in [-0.3, -0.25) is 4.90 Å². The molecule has 0 fully saturated rings. The first-order chi connectivity index (χ1) is 13.2. The van der Waals surface area contributed by atoms with Gasteiger partial charge in [-0.2, -0.15) is 0 Å². The lowest BCUT2D eigenvalue weighted by molar-refractivity contribution is -0.136. The number of nitrogens with zero attached hydrogens (tertiary/aromatic N) is 2. The molecule has 1 aromatic heterocycles. The predicted octanol–water partition coefficient (Wildman–Crippen LogP) is 3.07. The van der Waals surface area contributed by atoms with Gasteiger partial charge in [0.2, 0.25) is 0 Å². The molecule has 1 aliphatic rings. The molecule has 2 N–H and O–H groups in total. The van der Waals surface area contributed by atoms with E-state index in [1.807, 2.05) is 18.2 Å². The van der Waals surface area contributed by atoms with Gasteiger partial charge in [0.1, 0.15) is 0 Å². The van der Waals surface area contributed by atoms with E-state index < -0.39 is 0 Å². The Morgan fingerprint density at radius 2 is 1.93 bits per heavy atom. The van der Waals surface area contributed by atoms with Crippen molar-refractivity contribution in [1.29, 1.82) is 0 Å². The highest BCUT2D eigenvalue weighted by Crippen LogP contribution is 2.39. The lowest BCUT2D eigenvalue weighted by Gasteiger charge is -2.24. The number of ether oxygens (including phenoxy) is 1. The zero-order valence-corrected chi connectivity index (χ0v) is 17.3. The highest BCUT2D eigenvalue weighted by molar-refractivity contribution is 6.18. The van der Waals surface area contributed by atoms with Crippen LogP contribution in [-0.4, -0.2) is 56.2 Å². The number of aromatic nitrogens is 1. The maximum atomic E-state index is 12.5. The average Bonchev–Trinajstić information content (AvgIpc) is 2.96. The molecular formula is C21H28N4O3. The number of carbonyl (C=O) groups is 2. The average molecular weight is 384 g/mol. The lowest BCUT2D eigenvalue weighted by Crippen LogP contribution is -2.36. The van der Waals surface area contributed by atoms with Crippen LogP contribution in [0.2, 0.25) is 0 Å². The van der Waals surface area contributed by atoms with Crippen LogP contribution in [0.25, 0.3) is 16.5 Å². The molecule has 7 nitrogen and oxygen atoms in total. The van der Waals surface area contributed by atoms with Gasteiger partial charge in [0.25, 0.3) is 0 Å². The topological polar surface area (TPSA) is 77.7 Å². The number of amides is 2. The Morgan fingerprint density at radius 1 is 1.21 bits per heavy atom. The number of rotatable bonds is 3. The van der Waals surface area contributed by atoms with Crippen molar-refractivity contribution in [3.63, 3.8) is 0 Å². The molecule has 0 unspecified atom stereocenters. The second kappa shape index (κ2) is 7.22. The lowest BCUT2D eigenvalue weighted by atomic mass is 9.82. The quantitative estimate of drug-likeness (QED) is 0.798. The summed E-state index contributed by atoms with van der Waals surface area (Å²) in [5, 5.41) is 4.28. The van der Waals surface area contributed by atoms with Crippen molar-refractivity contribution in [3.05, 3.63) is 35.7 Å². The van der Waals surface area contributed by atoms with E-state index in [9.17, 15) is 9.59 Å². The number of fused-ring (bicyclic) bond motifs is 3. The van der Waals surface area contributed by atoms with Gasteiger partial charge < -0.3 is 19.9 Å². The van der Waals surface area contributed by atoms with E-state index in [1.54, 1.807) is 39.2 Å². The molecule has 1 aromatic carbocycles. The number of nitrogens with one attached hydrogen (secondary N) is 2. The molecule has 2 aromatic rings. The smallest absolute Gasteiger partial charge is 0.341 e. The van der Waals surface area contributed by atoms with Crippen molar-refractivity contribution in [2.45, 2.75) is 26.2 Å². The minimum Gasteiger partial charge on any atom is -0.462 e. The van der Waals surface area contributed by atoms with Crippen LogP contribution in [0.5, 0.6) is 0 Å². The summed E-state index contributed by atoms with van der Waals surface area (Å²) in [6.07, 6.45) is 1.73. The summed E-state index contributed by atoms with van der Waals surface area (Å²) in [4.78, 5) is 31.4. The van der Waals surface area contributed by atoms with Crippen LogP contribution in [-0.2, 0) is 14.9 Å². The summed E-state index contributed by atoms with van der Waals surface area (Å²) in [5.74, 6) is -0.361. The van der Waals surface area contributed by atoms with E-state index in [0.29, 0.717) is 18.7 Å². The Labute approximate surface area is 165 Å². The fraction of sp³-hybridized carbons (Fsp3) is 0.429. The molecule has 0 radical (unpaired) electrons. The summed E-state index contributed by atoms with van der Waals surface area (Å²) >= 11 is 0. The summed E-state index contributed by atoms with van der Waals surface area (Å²) in [7, 11) is 5.19. The summed E-state index contributed by atoms with van der Waals surface area (Å²) in [6, 6.07) is 5.77. The van der Waals surface area contributed by atoms with Crippen LogP contribution in [0.3, 0.4) is 0 Å². The minimum absolute atomic E-state index is 0.107. The van der Waals surface area contributed by atoms with Gasteiger partial charge in [0.05, 0.1) is 17.9 Å². The fourth-order valence-corrected chi connectivity index (χ4v) is 3.65. The first-order valence-electron chi connectivity index (χ1n) is 9.39. The molecule has 3 rings (SSSR count). The molecule has 0 bridgehead atoms. The van der Waals surface area contributed by atoms with Gasteiger partial charge in [-0.1, -0.05) is 19.9 Å². The molecule has 0 saturated carbocycles. The Morgan fingerprint density at radius 3 is 2.57 bits per heavy atom. The van der Waals surface area contributed by atoms with Crippen LogP contribution < -0.4 is 10.2 Å². The van der Waals surface area contributed by atoms with Crippen molar-refractivity contribution >= 4 is 34.2 Å². The van der Waals surface area contributed by atoms with Gasteiger partial charge >= 0.3 is 12.0 Å². The van der Waals surface area contributed by atoms with E-state index in [-0.39, 0.29) is 17.4 Å². The maximum Gasteiger partial charge on any atom is 0.341 e. The molecule has 0 saturated heterocycles. The van der Waals surface area contributed by atoms with E-state index in [2.05, 4.69) is 24.1 Å². The van der Waals surface area contributed by atoms with Gasteiger partial charge in [0, 0.05) is 55.9 Å². The number of urea groups is 1. The molecule has 7 heteroatoms.